The Morgan fingerprint density at radius 3 is 2.88 bits per heavy atom. The van der Waals surface area contributed by atoms with E-state index in [2.05, 4.69) is 10.3 Å². The maximum atomic E-state index is 10.7. The molecule has 2 rings (SSSR count). The van der Waals surface area contributed by atoms with Crippen LogP contribution in [0.2, 0.25) is 5.02 Å². The first-order chi connectivity index (χ1) is 8.08. The Bertz CT molecular complexity index is 553. The lowest BCUT2D eigenvalue weighted by Gasteiger charge is -2.11. The summed E-state index contributed by atoms with van der Waals surface area (Å²) in [5.41, 5.74) is 0.873. The molecule has 6 heteroatoms. The van der Waals surface area contributed by atoms with Gasteiger partial charge in [-0.1, -0.05) is 28.9 Å². The second-order valence-electron chi connectivity index (χ2n) is 3.62. The minimum Gasteiger partial charge on any atom is -0.476 e. The van der Waals surface area contributed by atoms with Gasteiger partial charge in [-0.05, 0) is 24.6 Å². The molecule has 0 aliphatic rings. The summed E-state index contributed by atoms with van der Waals surface area (Å²) >= 11 is 5.89. The van der Waals surface area contributed by atoms with Gasteiger partial charge in [-0.2, -0.15) is 0 Å². The molecule has 0 aliphatic carbocycles. The Balaban J connectivity index is 2.30. The van der Waals surface area contributed by atoms with Crippen molar-refractivity contribution in [1.82, 2.24) is 15.0 Å². The smallest absolute Gasteiger partial charge is 0.358 e. The van der Waals surface area contributed by atoms with E-state index in [1.807, 2.05) is 25.1 Å². The Morgan fingerprint density at radius 2 is 2.29 bits per heavy atom. The standard InChI is InChI=1S/C11H10ClN3O2/c1-7(8-3-2-4-9(12)5-8)15-6-10(11(16)17)13-14-15/h2-7H,1H3,(H,16,17)/t7-/m1/s1. The van der Waals surface area contributed by atoms with E-state index in [4.69, 9.17) is 16.7 Å². The molecule has 88 valence electrons. The molecule has 2 aromatic rings. The fraction of sp³-hybridized carbons (Fsp3) is 0.182. The lowest BCUT2D eigenvalue weighted by molar-refractivity contribution is 0.0690. The van der Waals surface area contributed by atoms with Gasteiger partial charge in [-0.25, -0.2) is 9.48 Å². The summed E-state index contributed by atoms with van der Waals surface area (Å²) in [7, 11) is 0. The van der Waals surface area contributed by atoms with Crippen LogP contribution >= 0.6 is 11.6 Å². The molecule has 5 nitrogen and oxygen atoms in total. The number of rotatable bonds is 3. The number of carboxylic acid groups (broad SMARTS) is 1. The van der Waals surface area contributed by atoms with Gasteiger partial charge in [0.15, 0.2) is 5.69 Å². The van der Waals surface area contributed by atoms with Crippen LogP contribution in [0.5, 0.6) is 0 Å². The highest BCUT2D eigenvalue weighted by atomic mass is 35.5. The van der Waals surface area contributed by atoms with Crippen molar-refractivity contribution < 1.29 is 9.90 Å². The van der Waals surface area contributed by atoms with Gasteiger partial charge in [0.2, 0.25) is 0 Å². The number of hydrogen-bond acceptors (Lipinski definition) is 3. The first-order valence-electron chi connectivity index (χ1n) is 4.98. The Kier molecular flexibility index (Phi) is 3.10. The third-order valence-corrected chi connectivity index (χ3v) is 2.69. The van der Waals surface area contributed by atoms with Crippen LogP contribution in [0.3, 0.4) is 0 Å². The van der Waals surface area contributed by atoms with Gasteiger partial charge in [0.05, 0.1) is 12.2 Å². The van der Waals surface area contributed by atoms with Gasteiger partial charge in [0.25, 0.3) is 0 Å². The molecule has 17 heavy (non-hydrogen) atoms. The van der Waals surface area contributed by atoms with E-state index in [1.54, 1.807) is 6.07 Å². The van der Waals surface area contributed by atoms with E-state index in [0.29, 0.717) is 5.02 Å². The Morgan fingerprint density at radius 1 is 1.53 bits per heavy atom. The zero-order valence-corrected chi connectivity index (χ0v) is 9.80. The third kappa shape index (κ3) is 2.45. The van der Waals surface area contributed by atoms with Crippen LogP contribution in [-0.4, -0.2) is 26.1 Å². The van der Waals surface area contributed by atoms with E-state index in [9.17, 15) is 4.79 Å². The molecule has 1 aromatic carbocycles. The fourth-order valence-electron chi connectivity index (χ4n) is 1.48. The van der Waals surface area contributed by atoms with Gasteiger partial charge in [0, 0.05) is 5.02 Å². The van der Waals surface area contributed by atoms with Crippen LogP contribution < -0.4 is 0 Å². The van der Waals surface area contributed by atoms with Crippen LogP contribution in [0.15, 0.2) is 30.5 Å². The largest absolute Gasteiger partial charge is 0.476 e. The zero-order chi connectivity index (χ0) is 12.4. The normalized spacial score (nSPS) is 12.4. The van der Waals surface area contributed by atoms with Crippen molar-refractivity contribution >= 4 is 17.6 Å². The summed E-state index contributed by atoms with van der Waals surface area (Å²) < 4.78 is 1.50. The molecule has 1 N–H and O–H groups in total. The summed E-state index contributed by atoms with van der Waals surface area (Å²) in [4.78, 5) is 10.7. The van der Waals surface area contributed by atoms with E-state index >= 15 is 0 Å². The van der Waals surface area contributed by atoms with Crippen LogP contribution in [0.4, 0.5) is 0 Å². The maximum absolute atomic E-state index is 10.7. The van der Waals surface area contributed by atoms with Crippen molar-refractivity contribution in [2.75, 3.05) is 0 Å². The van der Waals surface area contributed by atoms with Gasteiger partial charge < -0.3 is 5.11 Å². The number of halogens is 1. The van der Waals surface area contributed by atoms with Gasteiger partial charge >= 0.3 is 5.97 Å². The highest BCUT2D eigenvalue weighted by Gasteiger charge is 2.13. The number of benzene rings is 1. The molecular formula is C11H10ClN3O2. The molecule has 0 fully saturated rings. The summed E-state index contributed by atoms with van der Waals surface area (Å²) in [6.45, 7) is 1.89. The quantitative estimate of drug-likeness (QED) is 0.908. The van der Waals surface area contributed by atoms with E-state index < -0.39 is 5.97 Å². The number of nitrogens with zero attached hydrogens (tertiary/aromatic N) is 3. The number of hydrogen-bond donors (Lipinski definition) is 1. The topological polar surface area (TPSA) is 68.0 Å². The first-order valence-corrected chi connectivity index (χ1v) is 5.36. The number of aromatic nitrogens is 3. The highest BCUT2D eigenvalue weighted by molar-refractivity contribution is 6.30. The second kappa shape index (κ2) is 4.55. The van der Waals surface area contributed by atoms with Crippen LogP contribution in [0.1, 0.15) is 29.0 Å². The average molecular weight is 252 g/mol. The Labute approximate surface area is 103 Å². The van der Waals surface area contributed by atoms with Gasteiger partial charge in [-0.15, -0.1) is 5.10 Å². The number of carboxylic acids is 1. The van der Waals surface area contributed by atoms with Crippen LogP contribution in [-0.2, 0) is 0 Å². The molecule has 1 heterocycles. The van der Waals surface area contributed by atoms with Gasteiger partial charge in [-0.3, -0.25) is 0 Å². The third-order valence-electron chi connectivity index (χ3n) is 2.46. The molecule has 0 amide bonds. The van der Waals surface area contributed by atoms with E-state index in [0.717, 1.165) is 5.56 Å². The summed E-state index contributed by atoms with van der Waals surface area (Å²) in [6, 6.07) is 7.21. The van der Waals surface area contributed by atoms with E-state index in [-0.39, 0.29) is 11.7 Å². The zero-order valence-electron chi connectivity index (χ0n) is 9.04. The van der Waals surface area contributed by atoms with E-state index in [1.165, 1.54) is 10.9 Å². The molecule has 0 saturated heterocycles. The number of carbonyl (C=O) groups is 1. The predicted octanol–water partition coefficient (Wildman–Crippen LogP) is 2.24. The van der Waals surface area contributed by atoms with Crippen molar-refractivity contribution in [3.63, 3.8) is 0 Å². The summed E-state index contributed by atoms with van der Waals surface area (Å²) in [5.74, 6) is -1.09. The lowest BCUT2D eigenvalue weighted by Crippen LogP contribution is -2.07. The molecule has 0 unspecified atom stereocenters. The molecule has 0 aliphatic heterocycles. The van der Waals surface area contributed by atoms with Crippen molar-refractivity contribution in [2.45, 2.75) is 13.0 Å². The molecule has 0 saturated carbocycles. The van der Waals surface area contributed by atoms with Crippen molar-refractivity contribution in [3.8, 4) is 0 Å². The van der Waals surface area contributed by atoms with Crippen LogP contribution in [0, 0.1) is 0 Å². The predicted molar refractivity (Wildman–Crippen MR) is 62.2 cm³/mol. The van der Waals surface area contributed by atoms with Crippen LogP contribution in [0.25, 0.3) is 0 Å². The number of aromatic carboxylic acids is 1. The monoisotopic (exact) mass is 251 g/mol. The van der Waals surface area contributed by atoms with Gasteiger partial charge in [0.1, 0.15) is 0 Å². The minimum atomic E-state index is -1.09. The molecular weight excluding hydrogens is 242 g/mol. The van der Waals surface area contributed by atoms with Crippen molar-refractivity contribution in [3.05, 3.63) is 46.7 Å². The molecule has 0 bridgehead atoms. The SMILES string of the molecule is C[C@H](c1cccc(Cl)c1)n1cc(C(=O)O)nn1. The average Bonchev–Trinajstić information content (AvgIpc) is 2.77. The molecule has 1 atom stereocenters. The molecule has 0 spiro atoms. The molecule has 1 aromatic heterocycles. The molecule has 0 radical (unpaired) electrons. The fourth-order valence-corrected chi connectivity index (χ4v) is 1.68. The highest BCUT2D eigenvalue weighted by Crippen LogP contribution is 2.20. The summed E-state index contributed by atoms with van der Waals surface area (Å²) in [5, 5.41) is 16.7. The summed E-state index contributed by atoms with van der Waals surface area (Å²) in [6.07, 6.45) is 1.40. The van der Waals surface area contributed by atoms with Crippen molar-refractivity contribution in [2.24, 2.45) is 0 Å². The Hall–Kier alpha value is -1.88. The lowest BCUT2D eigenvalue weighted by atomic mass is 10.1. The first kappa shape index (κ1) is 11.6. The second-order valence-corrected chi connectivity index (χ2v) is 4.06. The maximum Gasteiger partial charge on any atom is 0.358 e. The minimum absolute atomic E-state index is 0.0705. The van der Waals surface area contributed by atoms with Crippen molar-refractivity contribution in [1.29, 1.82) is 0 Å².